The summed E-state index contributed by atoms with van der Waals surface area (Å²) in [5, 5.41) is 13.6. The summed E-state index contributed by atoms with van der Waals surface area (Å²) in [4.78, 5) is 29.0. The molecule has 2 aliphatic heterocycles. The third-order valence-electron chi connectivity index (χ3n) is 5.97. The van der Waals surface area contributed by atoms with Crippen molar-refractivity contribution in [3.05, 3.63) is 71.8 Å². The van der Waals surface area contributed by atoms with Crippen molar-refractivity contribution in [2.24, 2.45) is 0 Å². The Balaban J connectivity index is 1.74. The zero-order valence-corrected chi connectivity index (χ0v) is 20.0. The van der Waals surface area contributed by atoms with Crippen LogP contribution in [0.1, 0.15) is 23.6 Å². The third kappa shape index (κ3) is 5.17. The van der Waals surface area contributed by atoms with E-state index < -0.39 is 23.5 Å². The molecule has 0 aliphatic carbocycles. The average molecular weight is 479 g/mol. The van der Waals surface area contributed by atoms with E-state index in [0.717, 1.165) is 6.54 Å². The lowest BCUT2D eigenvalue weighted by Gasteiger charge is -2.28. The predicted molar refractivity (Wildman–Crippen MR) is 128 cm³/mol. The van der Waals surface area contributed by atoms with Crippen molar-refractivity contribution in [2.75, 3.05) is 47.0 Å². The summed E-state index contributed by atoms with van der Waals surface area (Å²) < 4.78 is 16.7. The molecule has 2 aromatic rings. The SMILES string of the molecule is C=CCOc1ccc(C2C(=C([O-])c3ccc4c(c3)OCCO4)C(=O)C(=O)N2CCC[NH+](C)C)cc1. The number of ketones is 1. The van der Waals surface area contributed by atoms with Crippen molar-refractivity contribution in [3.8, 4) is 17.2 Å². The number of rotatable bonds is 9. The maximum atomic E-state index is 13.6. The van der Waals surface area contributed by atoms with Gasteiger partial charge < -0.3 is 29.1 Å². The summed E-state index contributed by atoms with van der Waals surface area (Å²) in [6.45, 7) is 6.01. The zero-order chi connectivity index (χ0) is 24.9. The van der Waals surface area contributed by atoms with Crippen molar-refractivity contribution in [1.82, 2.24) is 4.90 Å². The van der Waals surface area contributed by atoms with Crippen molar-refractivity contribution < 1.29 is 33.8 Å². The van der Waals surface area contributed by atoms with Gasteiger partial charge in [-0.25, -0.2) is 0 Å². The first-order valence-electron chi connectivity index (χ1n) is 11.7. The molecule has 0 aromatic heterocycles. The average Bonchev–Trinajstić information content (AvgIpc) is 3.12. The van der Waals surface area contributed by atoms with Gasteiger partial charge in [0.25, 0.3) is 5.91 Å². The van der Waals surface area contributed by atoms with Gasteiger partial charge >= 0.3 is 0 Å². The molecular formula is C27H30N2O6. The molecule has 2 heterocycles. The Morgan fingerprint density at radius 3 is 2.54 bits per heavy atom. The Morgan fingerprint density at radius 2 is 1.86 bits per heavy atom. The van der Waals surface area contributed by atoms with E-state index >= 15 is 0 Å². The van der Waals surface area contributed by atoms with Gasteiger partial charge in [0, 0.05) is 18.5 Å². The lowest BCUT2D eigenvalue weighted by molar-refractivity contribution is -0.858. The molecule has 2 aliphatic rings. The Bertz CT molecular complexity index is 1140. The van der Waals surface area contributed by atoms with E-state index in [1.54, 1.807) is 48.5 Å². The van der Waals surface area contributed by atoms with E-state index in [-0.39, 0.29) is 11.1 Å². The number of nitrogens with one attached hydrogen (secondary N) is 1. The normalized spacial score (nSPS) is 18.7. The molecule has 8 heteroatoms. The van der Waals surface area contributed by atoms with Gasteiger partial charge in [0.1, 0.15) is 25.6 Å². The molecule has 4 rings (SSSR count). The summed E-state index contributed by atoms with van der Waals surface area (Å²) in [6, 6.07) is 11.2. The first-order valence-corrected chi connectivity index (χ1v) is 11.7. The van der Waals surface area contributed by atoms with Gasteiger partial charge in [-0.05, 0) is 35.4 Å². The Kier molecular flexibility index (Phi) is 7.41. The Hall–Kier alpha value is -3.78. The summed E-state index contributed by atoms with van der Waals surface area (Å²) >= 11 is 0. The number of hydrogen-bond donors (Lipinski definition) is 1. The fourth-order valence-corrected chi connectivity index (χ4v) is 4.29. The van der Waals surface area contributed by atoms with Gasteiger partial charge in [-0.3, -0.25) is 9.59 Å². The number of ether oxygens (including phenoxy) is 3. The fourth-order valence-electron chi connectivity index (χ4n) is 4.29. The Morgan fingerprint density at radius 1 is 1.14 bits per heavy atom. The molecule has 1 amide bonds. The van der Waals surface area contributed by atoms with Crippen LogP contribution in [0.3, 0.4) is 0 Å². The van der Waals surface area contributed by atoms with Crippen LogP contribution in [-0.2, 0) is 9.59 Å². The maximum absolute atomic E-state index is 13.6. The number of Topliss-reactive ketones (excluding diaryl/α,β-unsaturated/α-hetero) is 1. The lowest BCUT2D eigenvalue weighted by Crippen LogP contribution is -3.05. The van der Waals surface area contributed by atoms with E-state index in [2.05, 4.69) is 6.58 Å². The standard InChI is InChI=1S/C27H30N2O6/c1-4-14-33-20-9-6-18(7-10-20)24-23(26(31)27(32)29(24)13-5-12-28(2)3)25(30)19-8-11-21-22(17-19)35-16-15-34-21/h4,6-11,17,24,30H,1,5,12-16H2,2-3H3. The van der Waals surface area contributed by atoms with Gasteiger partial charge in [0.05, 0.1) is 26.7 Å². The van der Waals surface area contributed by atoms with Crippen molar-refractivity contribution in [1.29, 1.82) is 0 Å². The highest BCUT2D eigenvalue weighted by Crippen LogP contribution is 2.40. The van der Waals surface area contributed by atoms with Crippen molar-refractivity contribution in [3.63, 3.8) is 0 Å². The van der Waals surface area contributed by atoms with Crippen LogP contribution in [0.15, 0.2) is 60.7 Å². The molecule has 1 fully saturated rings. The highest BCUT2D eigenvalue weighted by Gasteiger charge is 2.44. The van der Waals surface area contributed by atoms with E-state index in [1.165, 1.54) is 9.80 Å². The van der Waals surface area contributed by atoms with Gasteiger partial charge in [0.15, 0.2) is 11.5 Å². The molecule has 0 radical (unpaired) electrons. The molecule has 0 spiro atoms. The molecule has 0 saturated carbocycles. The second-order valence-corrected chi connectivity index (χ2v) is 8.81. The van der Waals surface area contributed by atoms with Crippen LogP contribution in [-0.4, -0.2) is 63.6 Å². The summed E-state index contributed by atoms with van der Waals surface area (Å²) in [6.07, 6.45) is 2.35. The molecule has 8 nitrogen and oxygen atoms in total. The fraction of sp³-hybridized carbons (Fsp3) is 0.333. The van der Waals surface area contributed by atoms with Crippen LogP contribution in [0.25, 0.3) is 5.76 Å². The number of fused-ring (bicyclic) bond motifs is 1. The lowest BCUT2D eigenvalue weighted by atomic mass is 9.95. The third-order valence-corrected chi connectivity index (χ3v) is 5.97. The number of quaternary nitrogens is 1. The van der Waals surface area contributed by atoms with E-state index in [1.807, 2.05) is 14.1 Å². The number of carbonyl (C=O) groups excluding carboxylic acids is 2. The second kappa shape index (κ2) is 10.7. The minimum Gasteiger partial charge on any atom is -0.872 e. The van der Waals surface area contributed by atoms with Gasteiger partial charge in [-0.15, -0.1) is 0 Å². The summed E-state index contributed by atoms with van der Waals surface area (Å²) in [5.41, 5.74) is 0.901. The summed E-state index contributed by atoms with van der Waals surface area (Å²) in [5.74, 6) is -0.280. The van der Waals surface area contributed by atoms with Crippen LogP contribution in [0.2, 0.25) is 0 Å². The van der Waals surface area contributed by atoms with Gasteiger partial charge in [0.2, 0.25) is 5.78 Å². The van der Waals surface area contributed by atoms with Crippen LogP contribution >= 0.6 is 0 Å². The highest BCUT2D eigenvalue weighted by molar-refractivity contribution is 6.46. The number of carbonyl (C=O) groups is 2. The topological polar surface area (TPSA) is 92.6 Å². The van der Waals surface area contributed by atoms with Gasteiger partial charge in [-0.1, -0.05) is 36.6 Å². The number of likely N-dealkylation sites (tertiary alicyclic amines) is 1. The molecule has 184 valence electrons. The smallest absolute Gasteiger partial charge is 0.295 e. The Labute approximate surface area is 205 Å². The molecule has 35 heavy (non-hydrogen) atoms. The number of amides is 1. The number of benzene rings is 2. The van der Waals surface area contributed by atoms with E-state index in [4.69, 9.17) is 14.2 Å². The van der Waals surface area contributed by atoms with Gasteiger partial charge in [-0.2, -0.15) is 0 Å². The molecule has 0 bridgehead atoms. The second-order valence-electron chi connectivity index (χ2n) is 8.81. The molecule has 1 atom stereocenters. The molecule has 2 aromatic carbocycles. The number of nitrogens with zero attached hydrogens (tertiary/aromatic N) is 1. The monoisotopic (exact) mass is 478 g/mol. The van der Waals surface area contributed by atoms with Crippen LogP contribution < -0.4 is 24.2 Å². The van der Waals surface area contributed by atoms with E-state index in [9.17, 15) is 14.7 Å². The zero-order valence-electron chi connectivity index (χ0n) is 20.0. The minimum absolute atomic E-state index is 0.0522. The predicted octanol–water partition coefficient (Wildman–Crippen LogP) is 0.781. The molecule has 1 unspecified atom stereocenters. The maximum Gasteiger partial charge on any atom is 0.295 e. The van der Waals surface area contributed by atoms with Crippen molar-refractivity contribution in [2.45, 2.75) is 12.5 Å². The quantitative estimate of drug-likeness (QED) is 0.248. The molecule has 1 N–H and O–H groups in total. The van der Waals surface area contributed by atoms with Crippen molar-refractivity contribution >= 4 is 17.4 Å². The van der Waals surface area contributed by atoms with E-state index in [0.29, 0.717) is 55.6 Å². The first kappa shape index (κ1) is 24.3. The summed E-state index contributed by atoms with van der Waals surface area (Å²) in [7, 11) is 4.05. The van der Waals surface area contributed by atoms with Crippen LogP contribution in [0.4, 0.5) is 0 Å². The first-order chi connectivity index (χ1) is 16.9. The van der Waals surface area contributed by atoms with Crippen LogP contribution in [0, 0.1) is 0 Å². The molecule has 1 saturated heterocycles. The minimum atomic E-state index is -0.777. The largest absolute Gasteiger partial charge is 0.872 e. The highest BCUT2D eigenvalue weighted by atomic mass is 16.6. The van der Waals surface area contributed by atoms with Crippen LogP contribution in [0.5, 0.6) is 17.2 Å². The molecular weight excluding hydrogens is 448 g/mol. The number of hydrogen-bond acceptors (Lipinski definition) is 6.